The number of methoxy groups -OCH3 is 1. The fourth-order valence-corrected chi connectivity index (χ4v) is 3.64. The van der Waals surface area contributed by atoms with Gasteiger partial charge in [0.25, 0.3) is 0 Å². The summed E-state index contributed by atoms with van der Waals surface area (Å²) in [6, 6.07) is -0.652. The molecule has 0 aliphatic carbocycles. The van der Waals surface area contributed by atoms with E-state index >= 15 is 0 Å². The lowest BCUT2D eigenvalue weighted by atomic mass is 10.0. The molecule has 1 aromatic rings. The Morgan fingerprint density at radius 3 is 1.88 bits per heavy atom. The van der Waals surface area contributed by atoms with E-state index < -0.39 is 50.0 Å². The first-order valence-corrected chi connectivity index (χ1v) is 8.93. The standard InChI is InChI=1S/C15H21F4NO3S/c1-8(2)6-5-7-9(3)20-24(21,22)15-12(18)10(16)14(23-4)11(17)13(15)19/h8-9,20H,5-7H2,1-4H3. The van der Waals surface area contributed by atoms with Gasteiger partial charge in [0.2, 0.25) is 21.7 Å². The lowest BCUT2D eigenvalue weighted by molar-refractivity contribution is 0.322. The Kier molecular flexibility index (Phi) is 7.03. The Morgan fingerprint density at radius 1 is 0.958 bits per heavy atom. The van der Waals surface area contributed by atoms with Crippen LogP contribution in [0.3, 0.4) is 0 Å². The molecule has 0 heterocycles. The van der Waals surface area contributed by atoms with Crippen LogP contribution in [0.1, 0.15) is 40.0 Å². The molecule has 9 heteroatoms. The highest BCUT2D eigenvalue weighted by molar-refractivity contribution is 7.89. The molecule has 0 aliphatic heterocycles. The number of benzene rings is 1. The highest BCUT2D eigenvalue weighted by Gasteiger charge is 2.34. The predicted molar refractivity (Wildman–Crippen MR) is 81.3 cm³/mol. The Morgan fingerprint density at radius 2 is 1.46 bits per heavy atom. The lowest BCUT2D eigenvalue weighted by Gasteiger charge is -2.16. The summed E-state index contributed by atoms with van der Waals surface area (Å²) in [7, 11) is -3.97. The van der Waals surface area contributed by atoms with E-state index in [9.17, 15) is 26.0 Å². The monoisotopic (exact) mass is 371 g/mol. The molecule has 0 bridgehead atoms. The fourth-order valence-electron chi connectivity index (χ4n) is 2.22. The molecule has 0 aliphatic rings. The summed E-state index contributed by atoms with van der Waals surface area (Å²) in [5, 5.41) is 0. The van der Waals surface area contributed by atoms with Crippen molar-refractivity contribution in [2.75, 3.05) is 7.11 Å². The third-order valence-corrected chi connectivity index (χ3v) is 5.04. The van der Waals surface area contributed by atoms with Gasteiger partial charge >= 0.3 is 0 Å². The van der Waals surface area contributed by atoms with E-state index in [1.54, 1.807) is 0 Å². The van der Waals surface area contributed by atoms with Crippen LogP contribution >= 0.6 is 0 Å². The molecule has 1 unspecified atom stereocenters. The highest BCUT2D eigenvalue weighted by atomic mass is 32.2. The van der Waals surface area contributed by atoms with Crippen molar-refractivity contribution in [2.45, 2.75) is 51.0 Å². The summed E-state index contributed by atoms with van der Waals surface area (Å²) in [6.45, 7) is 5.51. The maximum absolute atomic E-state index is 13.9. The van der Waals surface area contributed by atoms with Gasteiger partial charge in [-0.15, -0.1) is 0 Å². The van der Waals surface area contributed by atoms with Gasteiger partial charge in [-0.25, -0.2) is 21.9 Å². The topological polar surface area (TPSA) is 55.4 Å². The molecule has 0 aromatic heterocycles. The normalized spacial score (nSPS) is 13.4. The Hall–Kier alpha value is -1.35. The third kappa shape index (κ3) is 4.60. The van der Waals surface area contributed by atoms with Crippen LogP contribution in [-0.2, 0) is 10.0 Å². The largest absolute Gasteiger partial charge is 0.491 e. The predicted octanol–water partition coefficient (Wildman–Crippen LogP) is 3.74. The van der Waals surface area contributed by atoms with E-state index in [4.69, 9.17) is 0 Å². The number of ether oxygens (including phenoxy) is 1. The van der Waals surface area contributed by atoms with Crippen molar-refractivity contribution in [3.05, 3.63) is 23.3 Å². The van der Waals surface area contributed by atoms with E-state index in [-0.39, 0.29) is 0 Å². The van der Waals surface area contributed by atoms with Crippen molar-refractivity contribution in [1.82, 2.24) is 4.72 Å². The van der Waals surface area contributed by atoms with Gasteiger partial charge in [0, 0.05) is 6.04 Å². The molecule has 1 atom stereocenters. The van der Waals surface area contributed by atoms with E-state index in [0.29, 0.717) is 18.8 Å². The van der Waals surface area contributed by atoms with Crippen LogP contribution < -0.4 is 9.46 Å². The molecule has 1 aromatic carbocycles. The van der Waals surface area contributed by atoms with E-state index in [2.05, 4.69) is 4.74 Å². The first-order valence-electron chi connectivity index (χ1n) is 7.45. The van der Waals surface area contributed by atoms with Crippen LogP contribution in [0, 0.1) is 29.2 Å². The zero-order valence-electron chi connectivity index (χ0n) is 13.9. The Balaban J connectivity index is 3.11. The van der Waals surface area contributed by atoms with Crippen molar-refractivity contribution in [3.63, 3.8) is 0 Å². The second-order valence-electron chi connectivity index (χ2n) is 5.97. The summed E-state index contributed by atoms with van der Waals surface area (Å²) >= 11 is 0. The van der Waals surface area contributed by atoms with Gasteiger partial charge in [-0.1, -0.05) is 26.7 Å². The minimum atomic E-state index is -4.78. The second kappa shape index (κ2) is 8.15. The quantitative estimate of drug-likeness (QED) is 0.559. The average Bonchev–Trinajstić information content (AvgIpc) is 2.44. The SMILES string of the molecule is COc1c(F)c(F)c(S(=O)(=O)NC(C)CCCC(C)C)c(F)c1F. The molecule has 0 saturated heterocycles. The number of sulfonamides is 1. The van der Waals surface area contributed by atoms with Gasteiger partial charge in [-0.2, -0.15) is 8.78 Å². The van der Waals surface area contributed by atoms with E-state index in [1.165, 1.54) is 6.92 Å². The Labute approximate surface area is 139 Å². The number of rotatable bonds is 8. The lowest BCUT2D eigenvalue weighted by Crippen LogP contribution is -2.34. The molecule has 1 N–H and O–H groups in total. The van der Waals surface area contributed by atoms with Gasteiger partial charge in [-0.05, 0) is 19.3 Å². The van der Waals surface area contributed by atoms with Crippen LogP contribution in [0.25, 0.3) is 0 Å². The number of halogens is 4. The molecule has 1 rings (SSSR count). The maximum atomic E-state index is 13.9. The number of nitrogens with one attached hydrogen (secondary N) is 1. The maximum Gasteiger partial charge on any atom is 0.246 e. The summed E-state index contributed by atoms with van der Waals surface area (Å²) in [4.78, 5) is -1.69. The molecule has 4 nitrogen and oxygen atoms in total. The average molecular weight is 371 g/mol. The molecule has 0 spiro atoms. The van der Waals surface area contributed by atoms with Crippen molar-refractivity contribution in [1.29, 1.82) is 0 Å². The van der Waals surface area contributed by atoms with Gasteiger partial charge in [0.15, 0.2) is 22.3 Å². The summed E-state index contributed by atoms with van der Waals surface area (Å²) < 4.78 is 85.6. The summed E-state index contributed by atoms with van der Waals surface area (Å²) in [6.07, 6.45) is 1.96. The second-order valence-corrected chi connectivity index (χ2v) is 7.62. The molecule has 0 fully saturated rings. The zero-order valence-corrected chi connectivity index (χ0v) is 14.7. The van der Waals surface area contributed by atoms with Crippen LogP contribution in [0.15, 0.2) is 4.90 Å². The molecule has 0 saturated carbocycles. The minimum absolute atomic E-state index is 0.418. The molecule has 0 amide bonds. The van der Waals surface area contributed by atoms with E-state index in [1.807, 2.05) is 18.6 Å². The first kappa shape index (κ1) is 20.7. The van der Waals surface area contributed by atoms with Crippen LogP contribution in [0.4, 0.5) is 17.6 Å². The van der Waals surface area contributed by atoms with Crippen molar-refractivity contribution in [2.24, 2.45) is 5.92 Å². The highest BCUT2D eigenvalue weighted by Crippen LogP contribution is 2.32. The van der Waals surface area contributed by atoms with Gasteiger partial charge in [-0.3, -0.25) is 0 Å². The molecular formula is C15H21F4NO3S. The molecule has 0 radical (unpaired) electrons. The third-order valence-electron chi connectivity index (χ3n) is 3.43. The Bertz CT molecular complexity index is 663. The van der Waals surface area contributed by atoms with Gasteiger partial charge in [0.05, 0.1) is 7.11 Å². The van der Waals surface area contributed by atoms with E-state index in [0.717, 1.165) is 13.5 Å². The van der Waals surface area contributed by atoms with Crippen LogP contribution in [0.5, 0.6) is 5.75 Å². The van der Waals surface area contributed by atoms with Crippen molar-refractivity contribution >= 4 is 10.0 Å². The van der Waals surface area contributed by atoms with Crippen molar-refractivity contribution < 1.29 is 30.7 Å². The van der Waals surface area contributed by atoms with Gasteiger partial charge in [0.1, 0.15) is 0 Å². The number of hydrogen-bond donors (Lipinski definition) is 1. The molecule has 138 valence electrons. The zero-order chi connectivity index (χ0) is 18.7. The smallest absolute Gasteiger partial charge is 0.246 e. The number of hydrogen-bond acceptors (Lipinski definition) is 3. The van der Waals surface area contributed by atoms with Crippen molar-refractivity contribution in [3.8, 4) is 5.75 Å². The fraction of sp³-hybridized carbons (Fsp3) is 0.600. The van der Waals surface area contributed by atoms with Gasteiger partial charge < -0.3 is 4.74 Å². The first-order chi connectivity index (χ1) is 11.0. The van der Waals surface area contributed by atoms with Crippen LogP contribution in [-0.4, -0.2) is 21.6 Å². The van der Waals surface area contributed by atoms with Crippen LogP contribution in [0.2, 0.25) is 0 Å². The summed E-state index contributed by atoms with van der Waals surface area (Å²) in [5.74, 6) is -8.73. The molecular weight excluding hydrogens is 350 g/mol. The minimum Gasteiger partial charge on any atom is -0.491 e. The summed E-state index contributed by atoms with van der Waals surface area (Å²) in [5.41, 5.74) is 0. The molecule has 24 heavy (non-hydrogen) atoms.